The largest absolute Gasteiger partial charge is 0.320 e. The Kier molecular flexibility index (Phi) is 3.64. The quantitative estimate of drug-likeness (QED) is 0.885. The summed E-state index contributed by atoms with van der Waals surface area (Å²) >= 11 is 9.28. The molecule has 0 aliphatic heterocycles. The summed E-state index contributed by atoms with van der Waals surface area (Å²) in [6.07, 6.45) is 0. The zero-order chi connectivity index (χ0) is 11.5. The van der Waals surface area contributed by atoms with Crippen molar-refractivity contribution >= 4 is 27.5 Å². The third-order valence-corrected chi connectivity index (χ3v) is 3.18. The molecule has 0 radical (unpaired) electrons. The zero-order valence-corrected chi connectivity index (χ0v) is 10.9. The highest BCUT2D eigenvalue weighted by molar-refractivity contribution is 9.10. The summed E-state index contributed by atoms with van der Waals surface area (Å²) in [6, 6.07) is 15.5. The summed E-state index contributed by atoms with van der Waals surface area (Å²) in [4.78, 5) is 0. The molecule has 16 heavy (non-hydrogen) atoms. The molecule has 0 aromatic heterocycles. The lowest BCUT2D eigenvalue weighted by atomic mass is 10.00. The first kappa shape index (κ1) is 11.6. The van der Waals surface area contributed by atoms with Gasteiger partial charge in [-0.2, -0.15) is 0 Å². The fourth-order valence-corrected chi connectivity index (χ4v) is 2.11. The van der Waals surface area contributed by atoms with Gasteiger partial charge in [-0.3, -0.25) is 0 Å². The van der Waals surface area contributed by atoms with Gasteiger partial charge in [0.05, 0.1) is 6.04 Å². The van der Waals surface area contributed by atoms with Gasteiger partial charge in [-0.05, 0) is 35.4 Å². The van der Waals surface area contributed by atoms with Crippen LogP contribution in [-0.4, -0.2) is 0 Å². The molecule has 0 bridgehead atoms. The van der Waals surface area contributed by atoms with E-state index in [-0.39, 0.29) is 6.04 Å². The molecule has 0 fully saturated rings. The minimum atomic E-state index is -0.116. The number of benzene rings is 2. The van der Waals surface area contributed by atoms with Crippen LogP contribution >= 0.6 is 27.5 Å². The minimum absolute atomic E-state index is 0.116. The van der Waals surface area contributed by atoms with Gasteiger partial charge in [0.2, 0.25) is 0 Å². The Bertz CT molecular complexity index is 482. The van der Waals surface area contributed by atoms with E-state index in [2.05, 4.69) is 15.9 Å². The van der Waals surface area contributed by atoms with E-state index in [9.17, 15) is 0 Å². The highest BCUT2D eigenvalue weighted by atomic mass is 79.9. The van der Waals surface area contributed by atoms with Gasteiger partial charge in [-0.25, -0.2) is 0 Å². The molecule has 2 rings (SSSR count). The molecule has 0 heterocycles. The molecule has 0 amide bonds. The second-order valence-electron chi connectivity index (χ2n) is 3.58. The van der Waals surface area contributed by atoms with Crippen molar-refractivity contribution in [3.63, 3.8) is 0 Å². The van der Waals surface area contributed by atoms with E-state index in [0.29, 0.717) is 0 Å². The number of nitrogens with two attached hydrogens (primary N) is 1. The topological polar surface area (TPSA) is 26.0 Å². The lowest BCUT2D eigenvalue weighted by molar-refractivity contribution is 0.870. The standard InChI is InChI=1S/C13H11BrClN/c14-11-3-1-2-10(8-11)13(16)9-4-6-12(15)7-5-9/h1-8,13H,16H2. The summed E-state index contributed by atoms with van der Waals surface area (Å²) in [5.41, 5.74) is 8.31. The van der Waals surface area contributed by atoms with E-state index in [1.54, 1.807) is 0 Å². The van der Waals surface area contributed by atoms with Crippen LogP contribution in [0.25, 0.3) is 0 Å². The molecule has 0 aliphatic carbocycles. The van der Waals surface area contributed by atoms with Crippen molar-refractivity contribution < 1.29 is 0 Å². The molecule has 0 saturated heterocycles. The van der Waals surface area contributed by atoms with E-state index >= 15 is 0 Å². The molecule has 82 valence electrons. The maximum atomic E-state index is 6.17. The van der Waals surface area contributed by atoms with E-state index in [0.717, 1.165) is 20.6 Å². The molecule has 2 aromatic rings. The van der Waals surface area contributed by atoms with Crippen LogP contribution in [0.1, 0.15) is 17.2 Å². The van der Waals surface area contributed by atoms with Gasteiger partial charge in [0, 0.05) is 9.50 Å². The van der Waals surface area contributed by atoms with Gasteiger partial charge in [0.15, 0.2) is 0 Å². The number of hydrogen-bond acceptors (Lipinski definition) is 1. The van der Waals surface area contributed by atoms with Crippen molar-refractivity contribution in [3.8, 4) is 0 Å². The number of rotatable bonds is 2. The average Bonchev–Trinajstić information content (AvgIpc) is 2.29. The predicted octanol–water partition coefficient (Wildman–Crippen LogP) is 4.15. The molecule has 0 saturated carbocycles. The summed E-state index contributed by atoms with van der Waals surface area (Å²) < 4.78 is 1.04. The molecule has 2 N–H and O–H groups in total. The van der Waals surface area contributed by atoms with E-state index in [1.165, 1.54) is 0 Å². The first-order valence-electron chi connectivity index (χ1n) is 4.93. The van der Waals surface area contributed by atoms with E-state index in [1.807, 2.05) is 48.5 Å². The van der Waals surface area contributed by atoms with Gasteiger partial charge in [0.1, 0.15) is 0 Å². The van der Waals surface area contributed by atoms with Gasteiger partial charge in [-0.15, -0.1) is 0 Å². The highest BCUT2D eigenvalue weighted by Gasteiger charge is 2.08. The monoisotopic (exact) mass is 295 g/mol. The average molecular weight is 297 g/mol. The van der Waals surface area contributed by atoms with Crippen molar-refractivity contribution in [2.75, 3.05) is 0 Å². The normalized spacial score (nSPS) is 12.4. The summed E-state index contributed by atoms with van der Waals surface area (Å²) in [7, 11) is 0. The fraction of sp³-hybridized carbons (Fsp3) is 0.0769. The summed E-state index contributed by atoms with van der Waals surface area (Å²) in [6.45, 7) is 0. The summed E-state index contributed by atoms with van der Waals surface area (Å²) in [5.74, 6) is 0. The van der Waals surface area contributed by atoms with Crippen LogP contribution in [0.5, 0.6) is 0 Å². The maximum Gasteiger partial charge on any atom is 0.0552 e. The maximum absolute atomic E-state index is 6.17. The van der Waals surface area contributed by atoms with Crippen LogP contribution in [0, 0.1) is 0 Å². The van der Waals surface area contributed by atoms with E-state index in [4.69, 9.17) is 17.3 Å². The van der Waals surface area contributed by atoms with Crippen LogP contribution in [-0.2, 0) is 0 Å². The zero-order valence-electron chi connectivity index (χ0n) is 8.53. The molecule has 0 aliphatic rings. The molecule has 1 unspecified atom stereocenters. The van der Waals surface area contributed by atoms with Gasteiger partial charge < -0.3 is 5.73 Å². The molecular formula is C13H11BrClN. The van der Waals surface area contributed by atoms with E-state index < -0.39 is 0 Å². The van der Waals surface area contributed by atoms with Gasteiger partial charge in [0.25, 0.3) is 0 Å². The molecule has 0 spiro atoms. The smallest absolute Gasteiger partial charge is 0.0552 e. The van der Waals surface area contributed by atoms with Gasteiger partial charge >= 0.3 is 0 Å². The Labute approximate surface area is 108 Å². The Balaban J connectivity index is 2.31. The van der Waals surface area contributed by atoms with Crippen LogP contribution in [0.3, 0.4) is 0 Å². The van der Waals surface area contributed by atoms with Crippen molar-refractivity contribution in [2.45, 2.75) is 6.04 Å². The second kappa shape index (κ2) is 5.00. The van der Waals surface area contributed by atoms with Crippen LogP contribution < -0.4 is 5.73 Å². The first-order chi connectivity index (χ1) is 7.66. The number of halogens is 2. The number of hydrogen-bond donors (Lipinski definition) is 1. The van der Waals surface area contributed by atoms with Crippen LogP contribution in [0.15, 0.2) is 53.0 Å². The van der Waals surface area contributed by atoms with Crippen LogP contribution in [0.4, 0.5) is 0 Å². The SMILES string of the molecule is NC(c1ccc(Cl)cc1)c1cccc(Br)c1. The lowest BCUT2D eigenvalue weighted by Crippen LogP contribution is -2.11. The molecule has 1 atom stereocenters. The second-order valence-corrected chi connectivity index (χ2v) is 4.94. The van der Waals surface area contributed by atoms with Crippen LogP contribution in [0.2, 0.25) is 5.02 Å². The van der Waals surface area contributed by atoms with Crippen molar-refractivity contribution in [1.29, 1.82) is 0 Å². The van der Waals surface area contributed by atoms with Crippen molar-refractivity contribution in [1.82, 2.24) is 0 Å². The van der Waals surface area contributed by atoms with Gasteiger partial charge in [-0.1, -0.05) is 51.8 Å². The molecular weight excluding hydrogens is 286 g/mol. The van der Waals surface area contributed by atoms with Crippen molar-refractivity contribution in [3.05, 3.63) is 69.2 Å². The third kappa shape index (κ3) is 2.64. The third-order valence-electron chi connectivity index (χ3n) is 2.44. The van der Waals surface area contributed by atoms with Crippen molar-refractivity contribution in [2.24, 2.45) is 5.73 Å². The molecule has 2 aromatic carbocycles. The Morgan fingerprint density at radius 1 is 1.00 bits per heavy atom. The Morgan fingerprint density at radius 3 is 2.31 bits per heavy atom. The molecule has 1 nitrogen and oxygen atoms in total. The highest BCUT2D eigenvalue weighted by Crippen LogP contribution is 2.23. The molecule has 3 heteroatoms. The Hall–Kier alpha value is -0.830. The Morgan fingerprint density at radius 2 is 1.69 bits per heavy atom. The minimum Gasteiger partial charge on any atom is -0.320 e. The lowest BCUT2D eigenvalue weighted by Gasteiger charge is -2.12. The first-order valence-corrected chi connectivity index (χ1v) is 6.10. The fourth-order valence-electron chi connectivity index (χ4n) is 1.56. The summed E-state index contributed by atoms with van der Waals surface area (Å²) in [5, 5.41) is 0.727. The predicted molar refractivity (Wildman–Crippen MR) is 71.6 cm³/mol.